The number of carbonyl (C=O) groups is 1. The van der Waals surface area contributed by atoms with Crippen molar-refractivity contribution in [3.05, 3.63) is 24.3 Å². The zero-order chi connectivity index (χ0) is 19.1. The maximum Gasteiger partial charge on any atom is 0.327 e. The summed E-state index contributed by atoms with van der Waals surface area (Å²) in [5.41, 5.74) is 0. The number of allylic oxidation sites excluding steroid dienone is 3. The predicted octanol–water partition coefficient (Wildman–Crippen LogP) is 8.23. The fourth-order valence-electron chi connectivity index (χ4n) is 3.22. The van der Waals surface area contributed by atoms with Crippen LogP contribution in [-0.2, 0) is 4.79 Å². The highest BCUT2D eigenvalue weighted by Crippen LogP contribution is 2.12. The molecule has 0 radical (unpaired) electrons. The van der Waals surface area contributed by atoms with Gasteiger partial charge in [-0.05, 0) is 38.5 Å². The number of carboxylic acid groups (broad SMARTS) is 1. The van der Waals surface area contributed by atoms with Crippen molar-refractivity contribution in [2.24, 2.45) is 0 Å². The zero-order valence-corrected chi connectivity index (χ0v) is 17.4. The molecule has 0 fully saturated rings. The Balaban J connectivity index is 3.10. The molecule has 0 aliphatic carbocycles. The van der Waals surface area contributed by atoms with Crippen LogP contribution in [-0.4, -0.2) is 11.1 Å². The first-order chi connectivity index (χ1) is 12.8. The van der Waals surface area contributed by atoms with Gasteiger partial charge in [-0.2, -0.15) is 0 Å². The highest BCUT2D eigenvalue weighted by molar-refractivity contribution is 5.79. The van der Waals surface area contributed by atoms with Gasteiger partial charge in [0.25, 0.3) is 0 Å². The van der Waals surface area contributed by atoms with Crippen LogP contribution in [0.1, 0.15) is 122 Å². The van der Waals surface area contributed by atoms with E-state index in [4.69, 9.17) is 5.11 Å². The average Bonchev–Trinajstić information content (AvgIpc) is 2.62. The second-order valence-electron chi connectivity index (χ2n) is 7.53. The van der Waals surface area contributed by atoms with Crippen molar-refractivity contribution >= 4 is 5.97 Å². The molecule has 0 saturated heterocycles. The number of rotatable bonds is 20. The number of aliphatic carboxylic acids is 1. The van der Waals surface area contributed by atoms with Gasteiger partial charge < -0.3 is 5.11 Å². The van der Waals surface area contributed by atoms with E-state index in [1.54, 1.807) is 6.08 Å². The minimum atomic E-state index is -0.835. The summed E-state index contributed by atoms with van der Waals surface area (Å²) in [6.45, 7) is 2.27. The lowest BCUT2D eigenvalue weighted by Gasteiger charge is -2.01. The van der Waals surface area contributed by atoms with Crippen LogP contribution in [0.3, 0.4) is 0 Å². The molecule has 2 heteroatoms. The summed E-state index contributed by atoms with van der Waals surface area (Å²) < 4.78 is 0. The van der Waals surface area contributed by atoms with E-state index in [1.807, 2.05) is 0 Å². The van der Waals surface area contributed by atoms with Gasteiger partial charge in [0.05, 0.1) is 0 Å². The first-order valence-corrected chi connectivity index (χ1v) is 11.3. The third kappa shape index (κ3) is 22.9. The van der Waals surface area contributed by atoms with Crippen molar-refractivity contribution in [2.45, 2.75) is 122 Å². The molecule has 2 nitrogen and oxygen atoms in total. The normalized spacial score (nSPS) is 11.7. The van der Waals surface area contributed by atoms with Crippen molar-refractivity contribution < 1.29 is 9.90 Å². The molecule has 0 heterocycles. The Labute approximate surface area is 163 Å². The molecule has 0 rings (SSSR count). The Bertz CT molecular complexity index is 344. The second kappa shape index (κ2) is 22.0. The van der Waals surface area contributed by atoms with Crippen LogP contribution < -0.4 is 0 Å². The Morgan fingerprint density at radius 3 is 1.31 bits per heavy atom. The third-order valence-corrected chi connectivity index (χ3v) is 4.89. The van der Waals surface area contributed by atoms with Gasteiger partial charge >= 0.3 is 5.97 Å². The van der Waals surface area contributed by atoms with E-state index >= 15 is 0 Å². The van der Waals surface area contributed by atoms with E-state index in [2.05, 4.69) is 19.1 Å². The molecule has 26 heavy (non-hydrogen) atoms. The van der Waals surface area contributed by atoms with Gasteiger partial charge in [-0.1, -0.05) is 102 Å². The maximum atomic E-state index is 10.3. The quantitative estimate of drug-likeness (QED) is 0.134. The van der Waals surface area contributed by atoms with Crippen LogP contribution in [0.15, 0.2) is 24.3 Å². The van der Waals surface area contributed by atoms with E-state index < -0.39 is 5.97 Å². The lowest BCUT2D eigenvalue weighted by atomic mass is 10.1. The van der Waals surface area contributed by atoms with Gasteiger partial charge in [0.2, 0.25) is 0 Å². The molecule has 0 aromatic rings. The van der Waals surface area contributed by atoms with Crippen molar-refractivity contribution in [1.82, 2.24) is 0 Å². The number of hydrogen-bond acceptors (Lipinski definition) is 1. The van der Waals surface area contributed by atoms with Crippen molar-refractivity contribution in [2.75, 3.05) is 0 Å². The molecular weight excluding hydrogens is 320 g/mol. The number of hydrogen-bond donors (Lipinski definition) is 1. The molecule has 0 aromatic heterocycles. The fraction of sp³-hybridized carbons (Fsp3) is 0.792. The number of unbranched alkanes of at least 4 members (excludes halogenated alkanes) is 16. The van der Waals surface area contributed by atoms with Gasteiger partial charge in [0, 0.05) is 6.08 Å². The topological polar surface area (TPSA) is 37.3 Å². The Kier molecular flexibility index (Phi) is 21.1. The monoisotopic (exact) mass is 364 g/mol. The average molecular weight is 365 g/mol. The molecule has 0 aromatic carbocycles. The van der Waals surface area contributed by atoms with Gasteiger partial charge in [0.15, 0.2) is 0 Å². The third-order valence-electron chi connectivity index (χ3n) is 4.89. The zero-order valence-electron chi connectivity index (χ0n) is 17.4. The van der Waals surface area contributed by atoms with Gasteiger partial charge in [-0.25, -0.2) is 4.79 Å². The largest absolute Gasteiger partial charge is 0.478 e. The van der Waals surface area contributed by atoms with Crippen molar-refractivity contribution in [3.8, 4) is 0 Å². The lowest BCUT2D eigenvalue weighted by Crippen LogP contribution is -1.85. The molecular formula is C24H44O2. The Morgan fingerprint density at radius 1 is 0.577 bits per heavy atom. The molecule has 152 valence electrons. The summed E-state index contributed by atoms with van der Waals surface area (Å²) in [7, 11) is 0. The van der Waals surface area contributed by atoms with E-state index in [0.29, 0.717) is 0 Å². The van der Waals surface area contributed by atoms with Crippen molar-refractivity contribution in [3.63, 3.8) is 0 Å². The van der Waals surface area contributed by atoms with Gasteiger partial charge in [-0.15, -0.1) is 0 Å². The summed E-state index contributed by atoms with van der Waals surface area (Å²) in [6, 6.07) is 0. The molecule has 0 saturated carbocycles. The highest BCUT2D eigenvalue weighted by Gasteiger charge is 1.93. The van der Waals surface area contributed by atoms with Crippen LogP contribution in [0.4, 0.5) is 0 Å². The predicted molar refractivity (Wildman–Crippen MR) is 115 cm³/mol. The molecule has 0 unspecified atom stereocenters. The van der Waals surface area contributed by atoms with Crippen LogP contribution in [0.25, 0.3) is 0 Å². The second-order valence-corrected chi connectivity index (χ2v) is 7.53. The van der Waals surface area contributed by atoms with E-state index in [9.17, 15) is 4.79 Å². The summed E-state index contributed by atoms with van der Waals surface area (Å²) in [5.74, 6) is -0.835. The van der Waals surface area contributed by atoms with Crippen LogP contribution in [0, 0.1) is 0 Å². The molecule has 0 atom stereocenters. The first-order valence-electron chi connectivity index (χ1n) is 11.3. The lowest BCUT2D eigenvalue weighted by molar-refractivity contribution is -0.131. The van der Waals surface area contributed by atoms with E-state index in [0.717, 1.165) is 12.8 Å². The number of carboxylic acids is 1. The van der Waals surface area contributed by atoms with E-state index in [1.165, 1.54) is 109 Å². The smallest absolute Gasteiger partial charge is 0.327 e. The van der Waals surface area contributed by atoms with Crippen LogP contribution in [0.2, 0.25) is 0 Å². The summed E-state index contributed by atoms with van der Waals surface area (Å²) >= 11 is 0. The highest BCUT2D eigenvalue weighted by atomic mass is 16.4. The van der Waals surface area contributed by atoms with Gasteiger partial charge in [0.1, 0.15) is 0 Å². The summed E-state index contributed by atoms with van der Waals surface area (Å²) in [5, 5.41) is 8.48. The van der Waals surface area contributed by atoms with E-state index in [-0.39, 0.29) is 0 Å². The minimum absolute atomic E-state index is 0.835. The van der Waals surface area contributed by atoms with Gasteiger partial charge in [-0.3, -0.25) is 0 Å². The Morgan fingerprint density at radius 2 is 0.923 bits per heavy atom. The van der Waals surface area contributed by atoms with Crippen LogP contribution in [0.5, 0.6) is 0 Å². The van der Waals surface area contributed by atoms with Crippen LogP contribution >= 0.6 is 0 Å². The summed E-state index contributed by atoms with van der Waals surface area (Å²) in [6.07, 6.45) is 31.4. The SMILES string of the molecule is CCCCCCCC/C=C\CCCCCCCCCCC/C=C/C(=O)O. The maximum absolute atomic E-state index is 10.3. The first kappa shape index (κ1) is 24.9. The minimum Gasteiger partial charge on any atom is -0.478 e. The standard InChI is InChI=1S/C24H44O2/c1-2-3-4-5-6-7-8-9-10-11-12-13-14-15-16-17-18-19-20-21-22-23-24(25)26/h9-10,22-23H,2-8,11-21H2,1H3,(H,25,26)/b10-9-,23-22+. The Hall–Kier alpha value is -1.05. The molecule has 0 amide bonds. The summed E-state index contributed by atoms with van der Waals surface area (Å²) in [4.78, 5) is 10.3. The van der Waals surface area contributed by atoms with Crippen molar-refractivity contribution in [1.29, 1.82) is 0 Å². The molecule has 0 spiro atoms. The molecule has 0 aliphatic heterocycles. The molecule has 0 aliphatic rings. The fourth-order valence-corrected chi connectivity index (χ4v) is 3.22. The molecule has 0 bridgehead atoms. The molecule has 1 N–H and O–H groups in total.